The lowest BCUT2D eigenvalue weighted by Crippen LogP contribution is -2.34. The molecule has 1 heterocycles. The van der Waals surface area contributed by atoms with Crippen LogP contribution in [-0.2, 0) is 5.75 Å². The molecule has 2 unspecified atom stereocenters. The van der Waals surface area contributed by atoms with Crippen molar-refractivity contribution in [2.75, 3.05) is 7.05 Å². The lowest BCUT2D eigenvalue weighted by molar-refractivity contribution is 0.463. The highest BCUT2D eigenvalue weighted by Crippen LogP contribution is 2.43. The summed E-state index contributed by atoms with van der Waals surface area (Å²) in [5.41, 5.74) is 2.10. The van der Waals surface area contributed by atoms with Gasteiger partial charge >= 0.3 is 0 Å². The molecule has 1 nitrogen and oxygen atoms in total. The number of thioether (sulfide) groups is 1. The van der Waals surface area contributed by atoms with Gasteiger partial charge in [0, 0.05) is 22.1 Å². The lowest BCUT2D eigenvalue weighted by Gasteiger charge is -2.35. The summed E-state index contributed by atoms with van der Waals surface area (Å²) in [6, 6.07) is 3.21. The van der Waals surface area contributed by atoms with Crippen LogP contribution in [0.3, 0.4) is 0 Å². The van der Waals surface area contributed by atoms with E-state index < -0.39 is 0 Å². The predicted molar refractivity (Wildman–Crippen MR) is 73.1 cm³/mol. The topological polar surface area (TPSA) is 12.0 Å². The Morgan fingerprint density at radius 2 is 2.18 bits per heavy atom. The molecule has 0 fully saturated rings. The van der Waals surface area contributed by atoms with Crippen LogP contribution < -0.4 is 5.32 Å². The maximum atomic E-state index is 13.5. The lowest BCUT2D eigenvalue weighted by atomic mass is 9.92. The molecule has 0 aliphatic carbocycles. The predicted octanol–water partition coefficient (Wildman–Crippen LogP) is 4.01. The Morgan fingerprint density at radius 1 is 1.47 bits per heavy atom. The van der Waals surface area contributed by atoms with Gasteiger partial charge in [0.2, 0.25) is 0 Å². The largest absolute Gasteiger partial charge is 0.312 e. The first kappa shape index (κ1) is 13.2. The summed E-state index contributed by atoms with van der Waals surface area (Å²) in [6.07, 6.45) is 0. The van der Waals surface area contributed by atoms with Gasteiger partial charge in [-0.05, 0) is 36.2 Å². The SMILES string of the molecule is CNC1c2cc(F)cc(Cl)c2CSC1C(C)C. The summed E-state index contributed by atoms with van der Waals surface area (Å²) in [5.74, 6) is 1.17. The number of nitrogens with one attached hydrogen (secondary N) is 1. The molecule has 4 heteroatoms. The van der Waals surface area contributed by atoms with Gasteiger partial charge in [0.1, 0.15) is 5.82 Å². The van der Waals surface area contributed by atoms with Gasteiger partial charge in [0.25, 0.3) is 0 Å². The van der Waals surface area contributed by atoms with Crippen molar-refractivity contribution >= 4 is 23.4 Å². The zero-order chi connectivity index (χ0) is 12.6. The smallest absolute Gasteiger partial charge is 0.125 e. The fraction of sp³-hybridized carbons (Fsp3) is 0.538. The third kappa shape index (κ3) is 2.47. The summed E-state index contributed by atoms with van der Waals surface area (Å²) < 4.78 is 13.5. The third-order valence-corrected chi connectivity index (χ3v) is 5.24. The van der Waals surface area contributed by atoms with Crippen LogP contribution in [0.15, 0.2) is 12.1 Å². The molecule has 0 amide bonds. The number of benzene rings is 1. The van der Waals surface area contributed by atoms with Gasteiger partial charge in [-0.15, -0.1) is 0 Å². The van der Waals surface area contributed by atoms with Gasteiger partial charge in [-0.1, -0.05) is 25.4 Å². The Balaban J connectivity index is 2.47. The Labute approximate surface area is 111 Å². The number of fused-ring (bicyclic) bond motifs is 1. The van der Waals surface area contributed by atoms with Crippen molar-refractivity contribution in [2.24, 2.45) is 5.92 Å². The summed E-state index contributed by atoms with van der Waals surface area (Å²) in [4.78, 5) is 0. The minimum atomic E-state index is -0.247. The molecular weight excluding hydrogens is 257 g/mol. The van der Waals surface area contributed by atoms with Crippen molar-refractivity contribution in [1.29, 1.82) is 0 Å². The van der Waals surface area contributed by atoms with Gasteiger partial charge < -0.3 is 5.32 Å². The summed E-state index contributed by atoms with van der Waals surface area (Å²) in [5, 5.41) is 4.31. The highest BCUT2D eigenvalue weighted by atomic mass is 35.5. The van der Waals surface area contributed by atoms with Crippen molar-refractivity contribution in [1.82, 2.24) is 5.32 Å². The third-order valence-electron chi connectivity index (χ3n) is 3.25. The maximum absolute atomic E-state index is 13.5. The maximum Gasteiger partial charge on any atom is 0.125 e. The molecule has 17 heavy (non-hydrogen) atoms. The van der Waals surface area contributed by atoms with Crippen molar-refractivity contribution in [3.05, 3.63) is 34.1 Å². The zero-order valence-electron chi connectivity index (χ0n) is 10.3. The van der Waals surface area contributed by atoms with Gasteiger partial charge in [-0.25, -0.2) is 4.39 Å². The first-order chi connectivity index (χ1) is 8.04. The van der Waals surface area contributed by atoms with Gasteiger partial charge in [0.05, 0.1) is 0 Å². The molecule has 1 aromatic rings. The monoisotopic (exact) mass is 273 g/mol. The van der Waals surface area contributed by atoms with Crippen LogP contribution >= 0.6 is 23.4 Å². The number of hydrogen-bond donors (Lipinski definition) is 1. The van der Waals surface area contributed by atoms with Crippen LogP contribution in [0, 0.1) is 11.7 Å². The molecule has 1 aliphatic heterocycles. The minimum absolute atomic E-state index is 0.178. The Bertz CT molecular complexity index is 422. The summed E-state index contributed by atoms with van der Waals surface area (Å²) in [7, 11) is 1.93. The van der Waals surface area contributed by atoms with Crippen molar-refractivity contribution < 1.29 is 4.39 Å². The number of halogens is 2. The summed E-state index contributed by atoms with van der Waals surface area (Å²) in [6.45, 7) is 4.40. The fourth-order valence-electron chi connectivity index (χ4n) is 2.40. The second-order valence-corrected chi connectivity index (χ2v) is 6.31. The van der Waals surface area contributed by atoms with Gasteiger partial charge in [-0.2, -0.15) is 11.8 Å². The van der Waals surface area contributed by atoms with E-state index in [1.807, 2.05) is 18.8 Å². The van der Waals surface area contributed by atoms with Gasteiger partial charge in [-0.3, -0.25) is 0 Å². The molecule has 94 valence electrons. The first-order valence-electron chi connectivity index (χ1n) is 5.81. The van der Waals surface area contributed by atoms with E-state index in [1.54, 1.807) is 6.07 Å². The molecule has 0 bridgehead atoms. The highest BCUT2D eigenvalue weighted by Gasteiger charge is 2.32. The molecule has 1 aromatic carbocycles. The molecule has 0 saturated carbocycles. The molecule has 2 atom stereocenters. The standard InChI is InChI=1S/C13H17ClFNS/c1-7(2)13-12(16-3)9-4-8(15)5-11(14)10(9)6-17-13/h4-5,7,12-13,16H,6H2,1-3H3. The molecule has 0 radical (unpaired) electrons. The highest BCUT2D eigenvalue weighted by molar-refractivity contribution is 7.99. The van der Waals surface area contributed by atoms with E-state index in [0.717, 1.165) is 16.9 Å². The van der Waals surface area contributed by atoms with E-state index in [2.05, 4.69) is 19.2 Å². The summed E-state index contributed by atoms with van der Waals surface area (Å²) >= 11 is 8.01. The van der Waals surface area contributed by atoms with E-state index in [9.17, 15) is 4.39 Å². The fourth-order valence-corrected chi connectivity index (χ4v) is 4.30. The van der Waals surface area contributed by atoms with Gasteiger partial charge in [0.15, 0.2) is 0 Å². The molecule has 0 saturated heterocycles. The number of rotatable bonds is 2. The second kappa shape index (κ2) is 5.17. The molecule has 1 N–H and O–H groups in total. The quantitative estimate of drug-likeness (QED) is 0.874. The average molecular weight is 274 g/mol. The van der Waals surface area contributed by atoms with E-state index in [0.29, 0.717) is 16.2 Å². The number of hydrogen-bond acceptors (Lipinski definition) is 2. The molecule has 1 aliphatic rings. The van der Waals surface area contributed by atoms with Crippen LogP contribution in [0.2, 0.25) is 5.02 Å². The van der Waals surface area contributed by atoms with E-state index in [-0.39, 0.29) is 11.9 Å². The average Bonchev–Trinajstić information content (AvgIpc) is 2.26. The molecule has 2 rings (SSSR count). The normalized spacial score (nSPS) is 23.9. The van der Waals surface area contributed by atoms with E-state index >= 15 is 0 Å². The van der Waals surface area contributed by atoms with E-state index in [4.69, 9.17) is 11.6 Å². The molecular formula is C13H17ClFNS. The van der Waals surface area contributed by atoms with Crippen LogP contribution in [0.25, 0.3) is 0 Å². The second-order valence-electron chi connectivity index (χ2n) is 4.74. The van der Waals surface area contributed by atoms with E-state index in [1.165, 1.54) is 6.07 Å². The van der Waals surface area contributed by atoms with Crippen LogP contribution in [0.5, 0.6) is 0 Å². The van der Waals surface area contributed by atoms with Crippen molar-refractivity contribution in [3.63, 3.8) is 0 Å². The Hall–Kier alpha value is -0.250. The molecule has 0 aromatic heterocycles. The van der Waals surface area contributed by atoms with Crippen molar-refractivity contribution in [3.8, 4) is 0 Å². The zero-order valence-corrected chi connectivity index (χ0v) is 11.8. The molecule has 0 spiro atoms. The van der Waals surface area contributed by atoms with Crippen LogP contribution in [0.4, 0.5) is 4.39 Å². The van der Waals surface area contributed by atoms with Crippen LogP contribution in [0.1, 0.15) is 31.0 Å². The Morgan fingerprint density at radius 3 is 2.76 bits per heavy atom. The van der Waals surface area contributed by atoms with Crippen LogP contribution in [-0.4, -0.2) is 12.3 Å². The Kier molecular flexibility index (Phi) is 4.01. The van der Waals surface area contributed by atoms with Crippen molar-refractivity contribution in [2.45, 2.75) is 30.9 Å². The first-order valence-corrected chi connectivity index (χ1v) is 7.24. The minimum Gasteiger partial charge on any atom is -0.312 e.